The van der Waals surface area contributed by atoms with Gasteiger partial charge in [-0.15, -0.1) is 0 Å². The Bertz CT molecular complexity index is 483. The maximum Gasteiger partial charge on any atom is 0.139 e. The molecular formula is C16H21BrFNO. The first-order valence-corrected chi connectivity index (χ1v) is 7.99. The van der Waals surface area contributed by atoms with Crippen molar-refractivity contribution in [3.8, 4) is 0 Å². The lowest BCUT2D eigenvalue weighted by molar-refractivity contribution is -0.120. The van der Waals surface area contributed by atoms with Gasteiger partial charge in [0.25, 0.3) is 0 Å². The summed E-state index contributed by atoms with van der Waals surface area (Å²) in [5.41, 5.74) is 0.687. The number of hydrogen-bond acceptors (Lipinski definition) is 2. The molecule has 0 bridgehead atoms. The van der Waals surface area contributed by atoms with Crippen molar-refractivity contribution < 1.29 is 9.18 Å². The fourth-order valence-corrected chi connectivity index (χ4v) is 3.49. The molecule has 1 aliphatic carbocycles. The first-order chi connectivity index (χ1) is 9.56. The van der Waals surface area contributed by atoms with Crippen LogP contribution in [-0.4, -0.2) is 18.4 Å². The second-order valence-corrected chi connectivity index (χ2v) is 6.49. The van der Waals surface area contributed by atoms with E-state index in [0.29, 0.717) is 17.3 Å². The predicted molar refractivity (Wildman–Crippen MR) is 82.3 cm³/mol. The number of rotatable bonds is 5. The van der Waals surface area contributed by atoms with E-state index < -0.39 is 0 Å². The number of hydrogen-bond donors (Lipinski definition) is 1. The minimum absolute atomic E-state index is 0.0465. The van der Waals surface area contributed by atoms with Gasteiger partial charge in [-0.25, -0.2) is 4.39 Å². The number of benzene rings is 1. The fraction of sp³-hybridized carbons (Fsp3) is 0.562. The zero-order chi connectivity index (χ0) is 14.6. The van der Waals surface area contributed by atoms with Crippen molar-refractivity contribution in [3.05, 3.63) is 34.1 Å². The minimum atomic E-state index is -0.309. The van der Waals surface area contributed by atoms with Crippen molar-refractivity contribution in [1.82, 2.24) is 5.32 Å². The third-order valence-electron chi connectivity index (χ3n) is 4.30. The van der Waals surface area contributed by atoms with Crippen molar-refractivity contribution >= 4 is 21.7 Å². The maximum absolute atomic E-state index is 13.5. The van der Waals surface area contributed by atoms with Crippen LogP contribution in [0.4, 0.5) is 4.39 Å². The number of Topliss-reactive ketones (excluding diaryl/α,β-unsaturated/α-hetero) is 1. The van der Waals surface area contributed by atoms with Gasteiger partial charge in [-0.1, -0.05) is 31.4 Å². The molecule has 0 radical (unpaired) electrons. The molecule has 0 unspecified atom stereocenters. The molecule has 0 spiro atoms. The summed E-state index contributed by atoms with van der Waals surface area (Å²) in [7, 11) is 1.94. The summed E-state index contributed by atoms with van der Waals surface area (Å²) in [5.74, 6) is -0.135. The number of halogens is 2. The van der Waals surface area contributed by atoms with Gasteiger partial charge >= 0.3 is 0 Å². The molecule has 1 aromatic carbocycles. The second kappa shape index (κ2) is 6.81. The van der Waals surface area contributed by atoms with E-state index in [1.54, 1.807) is 12.1 Å². The molecule has 0 atom stereocenters. The second-order valence-electron chi connectivity index (χ2n) is 5.70. The Kier molecular flexibility index (Phi) is 5.33. The van der Waals surface area contributed by atoms with Crippen LogP contribution in [0.2, 0.25) is 0 Å². The summed E-state index contributed by atoms with van der Waals surface area (Å²) >= 11 is 3.22. The lowest BCUT2D eigenvalue weighted by Crippen LogP contribution is -2.46. The molecule has 0 amide bonds. The topological polar surface area (TPSA) is 29.1 Å². The maximum atomic E-state index is 13.5. The smallest absolute Gasteiger partial charge is 0.139 e. The Morgan fingerprint density at radius 2 is 2.05 bits per heavy atom. The Balaban J connectivity index is 2.03. The van der Waals surface area contributed by atoms with E-state index in [2.05, 4.69) is 21.2 Å². The van der Waals surface area contributed by atoms with Crippen LogP contribution in [0.1, 0.15) is 44.1 Å². The Hall–Kier alpha value is -0.740. The van der Waals surface area contributed by atoms with Gasteiger partial charge in [-0.3, -0.25) is 4.79 Å². The van der Waals surface area contributed by atoms with Crippen molar-refractivity contribution in [2.75, 3.05) is 7.05 Å². The highest BCUT2D eigenvalue weighted by atomic mass is 79.9. The Labute approximate surface area is 128 Å². The van der Waals surface area contributed by atoms with Crippen molar-refractivity contribution in [1.29, 1.82) is 0 Å². The minimum Gasteiger partial charge on any atom is -0.314 e. The van der Waals surface area contributed by atoms with Crippen molar-refractivity contribution in [3.63, 3.8) is 0 Å². The highest BCUT2D eigenvalue weighted by Crippen LogP contribution is 2.31. The van der Waals surface area contributed by atoms with Crippen LogP contribution in [0, 0.1) is 5.82 Å². The summed E-state index contributed by atoms with van der Waals surface area (Å²) in [6.45, 7) is 0. The molecule has 110 valence electrons. The number of ketones is 1. The van der Waals surface area contributed by atoms with Gasteiger partial charge in [-0.2, -0.15) is 0 Å². The molecule has 0 aromatic heterocycles. The number of carbonyl (C=O) groups excluding carboxylic acids is 1. The molecule has 1 fully saturated rings. The molecule has 1 saturated carbocycles. The van der Waals surface area contributed by atoms with Crippen LogP contribution >= 0.6 is 15.9 Å². The lowest BCUT2D eigenvalue weighted by Gasteiger charge is -2.36. The SMILES string of the molecule is CNC1(CC(=O)Cc2cccc(F)c2Br)CCCCC1. The van der Waals surface area contributed by atoms with Gasteiger partial charge < -0.3 is 5.32 Å². The molecule has 1 aromatic rings. The van der Waals surface area contributed by atoms with E-state index in [0.717, 1.165) is 18.4 Å². The molecule has 20 heavy (non-hydrogen) atoms. The molecule has 0 saturated heterocycles. The first-order valence-electron chi connectivity index (χ1n) is 7.20. The van der Waals surface area contributed by atoms with Gasteiger partial charge in [0.1, 0.15) is 11.6 Å². The fourth-order valence-electron chi connectivity index (χ4n) is 3.08. The highest BCUT2D eigenvalue weighted by Gasteiger charge is 2.32. The van der Waals surface area contributed by atoms with E-state index in [1.165, 1.54) is 25.3 Å². The monoisotopic (exact) mass is 341 g/mol. The molecular weight excluding hydrogens is 321 g/mol. The molecule has 1 aliphatic rings. The van der Waals surface area contributed by atoms with E-state index in [9.17, 15) is 9.18 Å². The largest absolute Gasteiger partial charge is 0.314 e. The van der Waals surface area contributed by atoms with Crippen LogP contribution in [0.3, 0.4) is 0 Å². The Morgan fingerprint density at radius 3 is 2.70 bits per heavy atom. The van der Waals surface area contributed by atoms with Gasteiger partial charge in [0.15, 0.2) is 0 Å². The van der Waals surface area contributed by atoms with Gasteiger partial charge in [0.05, 0.1) is 4.47 Å². The summed E-state index contributed by atoms with van der Waals surface area (Å²) in [6.07, 6.45) is 6.55. The van der Waals surface area contributed by atoms with E-state index in [1.807, 2.05) is 7.05 Å². The third kappa shape index (κ3) is 3.67. The highest BCUT2D eigenvalue weighted by molar-refractivity contribution is 9.10. The van der Waals surface area contributed by atoms with Crippen LogP contribution in [0.5, 0.6) is 0 Å². The zero-order valence-electron chi connectivity index (χ0n) is 11.8. The summed E-state index contributed by atoms with van der Waals surface area (Å²) < 4.78 is 13.9. The Morgan fingerprint density at radius 1 is 1.35 bits per heavy atom. The molecule has 1 N–H and O–H groups in total. The van der Waals surface area contributed by atoms with E-state index in [-0.39, 0.29) is 17.1 Å². The van der Waals surface area contributed by atoms with Crippen LogP contribution < -0.4 is 5.32 Å². The summed E-state index contributed by atoms with van der Waals surface area (Å²) in [6, 6.07) is 4.85. The number of carbonyl (C=O) groups is 1. The molecule has 0 heterocycles. The standard InChI is InChI=1S/C16H21BrFNO/c1-19-16(8-3-2-4-9-16)11-13(20)10-12-6-5-7-14(18)15(12)17/h5-7,19H,2-4,8-11H2,1H3. The zero-order valence-corrected chi connectivity index (χ0v) is 13.4. The lowest BCUT2D eigenvalue weighted by atomic mass is 9.78. The van der Waals surface area contributed by atoms with Crippen LogP contribution in [0.15, 0.2) is 22.7 Å². The molecule has 2 rings (SSSR count). The van der Waals surface area contributed by atoms with Gasteiger partial charge in [-0.05, 0) is 47.4 Å². The normalized spacial score (nSPS) is 17.9. The van der Waals surface area contributed by atoms with Crippen LogP contribution in [-0.2, 0) is 11.2 Å². The average Bonchev–Trinajstić information content (AvgIpc) is 2.45. The van der Waals surface area contributed by atoms with Gasteiger partial charge in [0, 0.05) is 18.4 Å². The van der Waals surface area contributed by atoms with Crippen molar-refractivity contribution in [2.24, 2.45) is 0 Å². The van der Waals surface area contributed by atoms with Crippen molar-refractivity contribution in [2.45, 2.75) is 50.5 Å². The summed E-state index contributed by atoms with van der Waals surface area (Å²) in [5, 5.41) is 3.35. The van der Waals surface area contributed by atoms with E-state index in [4.69, 9.17) is 0 Å². The predicted octanol–water partition coefficient (Wildman–Crippen LogP) is 4.01. The van der Waals surface area contributed by atoms with Crippen LogP contribution in [0.25, 0.3) is 0 Å². The first kappa shape index (κ1) is 15.6. The van der Waals surface area contributed by atoms with Gasteiger partial charge in [0.2, 0.25) is 0 Å². The summed E-state index contributed by atoms with van der Waals surface area (Å²) in [4.78, 5) is 12.3. The van der Waals surface area contributed by atoms with E-state index >= 15 is 0 Å². The molecule has 2 nitrogen and oxygen atoms in total. The average molecular weight is 342 g/mol. The molecule has 0 aliphatic heterocycles. The third-order valence-corrected chi connectivity index (χ3v) is 5.18. The quantitative estimate of drug-likeness (QED) is 0.876. The number of nitrogens with one attached hydrogen (secondary N) is 1. The molecule has 4 heteroatoms.